The zero-order valence-corrected chi connectivity index (χ0v) is 11.4. The van der Waals surface area contributed by atoms with Crippen molar-refractivity contribution in [3.63, 3.8) is 0 Å². The standard InChI is InChI=1S/C12H20ClN3O/c1-4-5-10(13)7-14-11-6-12(16-8-15-11)17-9(2)3/h6,8-10H,4-5,7H2,1-3H3,(H,14,15,16). The largest absolute Gasteiger partial charge is 0.475 e. The first-order valence-electron chi connectivity index (χ1n) is 5.98. The lowest BCUT2D eigenvalue weighted by atomic mass is 10.2. The van der Waals surface area contributed by atoms with Crippen LogP contribution in [0.25, 0.3) is 0 Å². The van der Waals surface area contributed by atoms with E-state index in [1.807, 2.05) is 13.8 Å². The molecule has 1 unspecified atom stereocenters. The van der Waals surface area contributed by atoms with Gasteiger partial charge in [-0.3, -0.25) is 0 Å². The van der Waals surface area contributed by atoms with Gasteiger partial charge in [0.15, 0.2) is 0 Å². The second-order valence-corrected chi connectivity index (χ2v) is 4.79. The van der Waals surface area contributed by atoms with E-state index in [0.717, 1.165) is 18.7 Å². The van der Waals surface area contributed by atoms with E-state index in [1.165, 1.54) is 6.33 Å². The molecule has 1 aromatic rings. The van der Waals surface area contributed by atoms with Crippen LogP contribution in [0.15, 0.2) is 12.4 Å². The SMILES string of the molecule is CCCC(Cl)CNc1cc(OC(C)C)ncn1. The average Bonchev–Trinajstić information content (AvgIpc) is 2.26. The van der Waals surface area contributed by atoms with Gasteiger partial charge < -0.3 is 10.1 Å². The van der Waals surface area contributed by atoms with E-state index in [-0.39, 0.29) is 11.5 Å². The Kier molecular flexibility index (Phi) is 6.05. The Bertz CT molecular complexity index is 333. The minimum Gasteiger partial charge on any atom is -0.475 e. The summed E-state index contributed by atoms with van der Waals surface area (Å²) in [7, 11) is 0. The van der Waals surface area contributed by atoms with Gasteiger partial charge in [0.05, 0.1) is 11.5 Å². The molecule has 0 fully saturated rings. The Hall–Kier alpha value is -1.03. The van der Waals surface area contributed by atoms with Crippen molar-refractivity contribution in [2.24, 2.45) is 0 Å². The Morgan fingerprint density at radius 1 is 1.41 bits per heavy atom. The minimum atomic E-state index is 0.110. The fourth-order valence-electron chi connectivity index (χ4n) is 1.37. The summed E-state index contributed by atoms with van der Waals surface area (Å²) in [6.07, 6.45) is 3.68. The van der Waals surface area contributed by atoms with Crippen molar-refractivity contribution < 1.29 is 4.74 Å². The van der Waals surface area contributed by atoms with Crippen molar-refractivity contribution in [1.82, 2.24) is 9.97 Å². The van der Waals surface area contributed by atoms with Crippen molar-refractivity contribution >= 4 is 17.4 Å². The maximum absolute atomic E-state index is 6.12. The predicted molar refractivity (Wildman–Crippen MR) is 70.8 cm³/mol. The van der Waals surface area contributed by atoms with E-state index in [1.54, 1.807) is 6.07 Å². The summed E-state index contributed by atoms with van der Waals surface area (Å²) in [6, 6.07) is 1.79. The van der Waals surface area contributed by atoms with Crippen LogP contribution in [0.2, 0.25) is 0 Å². The number of halogens is 1. The molecule has 0 amide bonds. The normalized spacial score (nSPS) is 12.5. The lowest BCUT2D eigenvalue weighted by Gasteiger charge is -2.12. The molecular formula is C12H20ClN3O. The topological polar surface area (TPSA) is 47.0 Å². The monoisotopic (exact) mass is 257 g/mol. The van der Waals surface area contributed by atoms with Crippen LogP contribution in [0, 0.1) is 0 Å². The predicted octanol–water partition coefficient (Wildman–Crippen LogP) is 3.08. The van der Waals surface area contributed by atoms with E-state index in [2.05, 4.69) is 22.2 Å². The third-order valence-corrected chi connectivity index (χ3v) is 2.48. The highest BCUT2D eigenvalue weighted by atomic mass is 35.5. The van der Waals surface area contributed by atoms with Crippen molar-refractivity contribution in [1.29, 1.82) is 0 Å². The maximum atomic E-state index is 6.12. The Balaban J connectivity index is 2.48. The first kappa shape index (κ1) is 14.0. The summed E-state index contributed by atoms with van der Waals surface area (Å²) in [6.45, 7) is 6.75. The highest BCUT2D eigenvalue weighted by Crippen LogP contribution is 2.13. The number of hydrogen-bond donors (Lipinski definition) is 1. The average molecular weight is 258 g/mol. The lowest BCUT2D eigenvalue weighted by Crippen LogP contribution is -2.15. The highest BCUT2D eigenvalue weighted by molar-refractivity contribution is 6.20. The maximum Gasteiger partial charge on any atom is 0.218 e. The van der Waals surface area contributed by atoms with Crippen LogP contribution < -0.4 is 10.1 Å². The molecule has 0 saturated carbocycles. The minimum absolute atomic E-state index is 0.110. The molecule has 0 bridgehead atoms. The fourth-order valence-corrected chi connectivity index (χ4v) is 1.67. The Morgan fingerprint density at radius 2 is 2.18 bits per heavy atom. The first-order chi connectivity index (χ1) is 8.11. The Labute approximate surface area is 108 Å². The number of anilines is 1. The number of hydrogen-bond acceptors (Lipinski definition) is 4. The third kappa shape index (κ3) is 5.73. The molecule has 0 aliphatic carbocycles. The molecule has 0 radical (unpaired) electrons. The molecular weight excluding hydrogens is 238 g/mol. The molecule has 1 aromatic heterocycles. The number of nitrogens with one attached hydrogen (secondary N) is 1. The zero-order valence-electron chi connectivity index (χ0n) is 10.6. The fraction of sp³-hybridized carbons (Fsp3) is 0.667. The number of rotatable bonds is 7. The van der Waals surface area contributed by atoms with Gasteiger partial charge in [-0.25, -0.2) is 9.97 Å². The van der Waals surface area contributed by atoms with E-state index >= 15 is 0 Å². The second kappa shape index (κ2) is 7.33. The summed E-state index contributed by atoms with van der Waals surface area (Å²) in [5, 5.41) is 3.31. The van der Waals surface area contributed by atoms with Gasteiger partial charge in [0, 0.05) is 12.6 Å². The van der Waals surface area contributed by atoms with Crippen LogP contribution in [0.3, 0.4) is 0 Å². The molecule has 1 atom stereocenters. The van der Waals surface area contributed by atoms with Gasteiger partial charge in [-0.05, 0) is 20.3 Å². The van der Waals surface area contributed by atoms with Crippen molar-refractivity contribution in [2.45, 2.75) is 45.1 Å². The molecule has 1 heterocycles. The first-order valence-corrected chi connectivity index (χ1v) is 6.42. The summed E-state index contributed by atoms with van der Waals surface area (Å²) >= 11 is 6.12. The van der Waals surface area contributed by atoms with E-state index in [4.69, 9.17) is 16.3 Å². The lowest BCUT2D eigenvalue weighted by molar-refractivity contribution is 0.232. The van der Waals surface area contributed by atoms with Crippen molar-refractivity contribution in [2.75, 3.05) is 11.9 Å². The molecule has 1 N–H and O–H groups in total. The molecule has 17 heavy (non-hydrogen) atoms. The van der Waals surface area contributed by atoms with E-state index < -0.39 is 0 Å². The summed E-state index contributed by atoms with van der Waals surface area (Å²) in [5.74, 6) is 1.33. The van der Waals surface area contributed by atoms with Crippen LogP contribution >= 0.6 is 11.6 Å². The number of alkyl halides is 1. The van der Waals surface area contributed by atoms with Crippen LogP contribution in [0.1, 0.15) is 33.6 Å². The molecule has 0 saturated heterocycles. The molecule has 0 aliphatic heterocycles. The van der Waals surface area contributed by atoms with Crippen LogP contribution in [0.4, 0.5) is 5.82 Å². The van der Waals surface area contributed by atoms with Gasteiger partial charge in [0.2, 0.25) is 5.88 Å². The van der Waals surface area contributed by atoms with Gasteiger partial charge in [0.25, 0.3) is 0 Å². The van der Waals surface area contributed by atoms with Gasteiger partial charge in [-0.15, -0.1) is 11.6 Å². The molecule has 5 heteroatoms. The van der Waals surface area contributed by atoms with E-state index in [9.17, 15) is 0 Å². The molecule has 96 valence electrons. The van der Waals surface area contributed by atoms with Gasteiger partial charge in [-0.2, -0.15) is 0 Å². The Morgan fingerprint density at radius 3 is 2.82 bits per heavy atom. The van der Waals surface area contributed by atoms with Crippen LogP contribution in [0.5, 0.6) is 5.88 Å². The molecule has 0 aliphatic rings. The second-order valence-electron chi connectivity index (χ2n) is 4.17. The van der Waals surface area contributed by atoms with Gasteiger partial charge in [-0.1, -0.05) is 13.3 Å². The van der Waals surface area contributed by atoms with Crippen molar-refractivity contribution in [3.05, 3.63) is 12.4 Å². The van der Waals surface area contributed by atoms with Crippen LogP contribution in [-0.4, -0.2) is 28.0 Å². The molecule has 0 spiro atoms. The molecule has 4 nitrogen and oxygen atoms in total. The van der Waals surface area contributed by atoms with Crippen molar-refractivity contribution in [3.8, 4) is 5.88 Å². The quantitative estimate of drug-likeness (QED) is 0.763. The summed E-state index contributed by atoms with van der Waals surface area (Å²) in [5.41, 5.74) is 0. The van der Waals surface area contributed by atoms with E-state index in [0.29, 0.717) is 12.4 Å². The molecule has 1 rings (SSSR count). The highest BCUT2D eigenvalue weighted by Gasteiger charge is 2.05. The number of aromatic nitrogens is 2. The smallest absolute Gasteiger partial charge is 0.218 e. The van der Waals surface area contributed by atoms with Gasteiger partial charge in [0.1, 0.15) is 12.1 Å². The summed E-state index contributed by atoms with van der Waals surface area (Å²) in [4.78, 5) is 8.15. The summed E-state index contributed by atoms with van der Waals surface area (Å²) < 4.78 is 5.49. The van der Waals surface area contributed by atoms with Crippen LogP contribution in [-0.2, 0) is 0 Å². The number of ether oxygens (including phenoxy) is 1. The number of nitrogens with zero attached hydrogens (tertiary/aromatic N) is 2. The third-order valence-electron chi connectivity index (χ3n) is 2.11. The van der Waals surface area contributed by atoms with Gasteiger partial charge >= 0.3 is 0 Å². The zero-order chi connectivity index (χ0) is 12.7. The molecule has 0 aromatic carbocycles.